The van der Waals surface area contributed by atoms with Crippen molar-refractivity contribution in [1.82, 2.24) is 14.9 Å². The van der Waals surface area contributed by atoms with Gasteiger partial charge in [-0.1, -0.05) is 26.0 Å². The van der Waals surface area contributed by atoms with Crippen LogP contribution in [0.4, 0.5) is 36.4 Å². The van der Waals surface area contributed by atoms with Gasteiger partial charge in [0.1, 0.15) is 24.3 Å². The number of morpholine rings is 1. The lowest BCUT2D eigenvalue weighted by atomic mass is 9.84. The van der Waals surface area contributed by atoms with Crippen LogP contribution in [0.3, 0.4) is 0 Å². The summed E-state index contributed by atoms with van der Waals surface area (Å²) >= 11 is 0.843. The van der Waals surface area contributed by atoms with Gasteiger partial charge in [0, 0.05) is 78.1 Å². The number of carbonyl (C=O) groups is 2. The lowest BCUT2D eigenvalue weighted by molar-refractivity contribution is -0.164. The van der Waals surface area contributed by atoms with E-state index in [0.29, 0.717) is 38.9 Å². The minimum atomic E-state index is -4.81. The van der Waals surface area contributed by atoms with Gasteiger partial charge in [-0.25, -0.2) is 14.4 Å². The molecule has 5 rings (SSSR count). The summed E-state index contributed by atoms with van der Waals surface area (Å²) in [5.74, 6) is -5.97. The van der Waals surface area contributed by atoms with Gasteiger partial charge in [-0.2, -0.15) is 26.3 Å². The Morgan fingerprint density at radius 2 is 1.77 bits per heavy atom. The average Bonchev–Trinajstić information content (AvgIpc) is 3.13. The monoisotopic (exact) mass is 908 g/mol. The van der Waals surface area contributed by atoms with Crippen molar-refractivity contribution >= 4 is 52.1 Å². The van der Waals surface area contributed by atoms with Gasteiger partial charge in [-0.3, -0.25) is 24.5 Å². The summed E-state index contributed by atoms with van der Waals surface area (Å²) in [5, 5.41) is 16.3. The summed E-state index contributed by atoms with van der Waals surface area (Å²) < 4.78 is 109. The molecule has 2 amide bonds. The van der Waals surface area contributed by atoms with Crippen LogP contribution in [0.15, 0.2) is 63.3 Å². The first kappa shape index (κ1) is 43.1. The first-order chi connectivity index (χ1) is 26.4. The fourth-order valence-electron chi connectivity index (χ4n) is 6.70. The third-order valence-corrected chi connectivity index (χ3v) is 10.7. The van der Waals surface area contributed by atoms with E-state index in [4.69, 9.17) is 9.47 Å². The number of rotatable bonds is 12. The van der Waals surface area contributed by atoms with Crippen molar-refractivity contribution in [2.24, 2.45) is 9.98 Å². The van der Waals surface area contributed by atoms with Crippen molar-refractivity contribution in [2.75, 3.05) is 58.4 Å². The van der Waals surface area contributed by atoms with Gasteiger partial charge in [0.05, 0.1) is 36.7 Å². The molecule has 19 heteroatoms. The molecule has 0 atom stereocenters. The van der Waals surface area contributed by atoms with Crippen LogP contribution >= 0.6 is 22.6 Å². The number of likely N-dealkylation sites (N-methyl/N-ethyl adjacent to an activating group) is 1. The Balaban J connectivity index is 1.49. The van der Waals surface area contributed by atoms with Crippen molar-refractivity contribution in [3.05, 3.63) is 81.6 Å². The smallest absolute Gasteiger partial charge is 0.412 e. The van der Waals surface area contributed by atoms with Crippen molar-refractivity contribution in [2.45, 2.75) is 55.3 Å². The number of aliphatic hydroxyl groups excluding tert-OH is 1. The molecule has 2 N–H and O–H groups in total. The molecule has 56 heavy (non-hydrogen) atoms. The molecular formula is C37H40F7IN6O5. The zero-order chi connectivity index (χ0) is 41.0. The number of hydrogen-bond donors (Lipinski definition) is 2. The van der Waals surface area contributed by atoms with Crippen LogP contribution in [0.2, 0.25) is 0 Å². The van der Waals surface area contributed by atoms with Crippen LogP contribution in [0, 0.1) is 11.6 Å². The van der Waals surface area contributed by atoms with E-state index in [9.17, 15) is 36.6 Å². The van der Waals surface area contributed by atoms with Crippen molar-refractivity contribution < 1.29 is 54.9 Å². The molecule has 3 aliphatic heterocycles. The van der Waals surface area contributed by atoms with E-state index in [-0.39, 0.29) is 48.6 Å². The number of anilines is 1. The minimum Gasteiger partial charge on any atom is -0.509 e. The Hall–Kier alpha value is -4.08. The lowest BCUT2D eigenvalue weighted by Gasteiger charge is -2.49. The minimum absolute atomic E-state index is 0.0762. The maximum absolute atomic E-state index is 15.6. The molecule has 3 aliphatic rings. The van der Waals surface area contributed by atoms with E-state index >= 15 is 8.78 Å². The predicted molar refractivity (Wildman–Crippen MR) is 202 cm³/mol. The van der Waals surface area contributed by atoms with E-state index < -0.39 is 80.2 Å². The van der Waals surface area contributed by atoms with Crippen LogP contribution in [-0.4, -0.2) is 109 Å². The van der Waals surface area contributed by atoms with Crippen LogP contribution < -0.4 is 10.1 Å². The summed E-state index contributed by atoms with van der Waals surface area (Å²) in [4.78, 5) is 38.0. The molecule has 0 saturated carbocycles. The molecule has 1 saturated heterocycles. The molecule has 0 aromatic heterocycles. The summed E-state index contributed by atoms with van der Waals surface area (Å²) in [7, 11) is 1.44. The van der Waals surface area contributed by atoms with Crippen LogP contribution in [0.1, 0.15) is 49.8 Å². The Labute approximate surface area is 332 Å². The fourth-order valence-corrected chi connectivity index (χ4v) is 7.04. The molecule has 304 valence electrons. The number of carbonyl (C=O) groups excluding carboxylic acids is 2. The maximum Gasteiger partial charge on any atom is 0.412 e. The zero-order valence-corrected chi connectivity index (χ0v) is 32.8. The quantitative estimate of drug-likeness (QED) is 0.101. The number of amides is 2. The standard InChI is InChI=1S/C37H40F7IN6O5/c1-4-35(5-2)32(52)29(34(54)51(49(35)3)20-22-6-9-28(31(39)30(22)38)56-17-14-50-12-15-55-16-13-50)33(53)48-26-8-7-24(37(43,44)45)18-25(26)27-19-23(36(40,41)42)10-11-46-21-47-27/h6-9,18-19,21,52H,4-5,10-17,20H2,1-3H3,(H,48,53)/b23-19+,46-21-,47-27+. The number of alkyl halides is 6. The molecule has 3 heterocycles. The number of aliphatic imine (C=N–C) groups is 2. The molecule has 0 unspecified atom stereocenters. The Bertz CT molecular complexity index is 1940. The summed E-state index contributed by atoms with van der Waals surface area (Å²) in [6.45, 7) is 5.50. The number of aliphatic hydroxyl groups is 1. The molecule has 0 aliphatic carbocycles. The maximum atomic E-state index is 15.6. The van der Waals surface area contributed by atoms with Gasteiger partial charge in [0.15, 0.2) is 11.6 Å². The van der Waals surface area contributed by atoms with E-state index in [2.05, 4.69) is 20.2 Å². The number of halogens is 8. The molecule has 11 nitrogen and oxygen atoms in total. The average molecular weight is 909 g/mol. The number of hydrogen-bond acceptors (Lipinski definition) is 9. The predicted octanol–water partition coefficient (Wildman–Crippen LogP) is 7.07. The second-order valence-corrected chi connectivity index (χ2v) is 14.5. The second-order valence-electron chi connectivity index (χ2n) is 13.2. The number of hydrazine groups is 1. The summed E-state index contributed by atoms with van der Waals surface area (Å²) in [6.07, 6.45) is -3.49. The van der Waals surface area contributed by atoms with Gasteiger partial charge in [0.25, 0.3) is 11.8 Å². The van der Waals surface area contributed by atoms with E-state index in [0.717, 1.165) is 52.1 Å². The molecule has 2 aromatic rings. The highest BCUT2D eigenvalue weighted by Gasteiger charge is 2.50. The molecule has 0 bridgehead atoms. The normalized spacial score (nSPS) is 21.1. The first-order valence-corrected chi connectivity index (χ1v) is 18.8. The highest BCUT2D eigenvalue weighted by atomic mass is 127. The van der Waals surface area contributed by atoms with Crippen LogP contribution in [0.25, 0.3) is 0 Å². The van der Waals surface area contributed by atoms with Crippen LogP contribution in [-0.2, 0) is 24.8 Å². The molecule has 2 aromatic carbocycles. The lowest BCUT2D eigenvalue weighted by Crippen LogP contribution is -2.62. The van der Waals surface area contributed by atoms with E-state index in [1.54, 1.807) is 13.8 Å². The Kier molecular flexibility index (Phi) is 13.5. The number of nitrogens with one attached hydrogen (secondary N) is 1. The van der Waals surface area contributed by atoms with E-state index in [1.165, 1.54) is 24.2 Å². The SMILES string of the molecule is CCC1(CC)C(O)=C(C(=O)Nc2ccc(C(F)(F)I)cc2C2=N/C=N\CC/C(C(F)(F)F)=C\2)C(=O)N(Cc2ccc(OCCN3CCOCC3)c(F)c2F)N1C. The van der Waals surface area contributed by atoms with Gasteiger partial charge >= 0.3 is 10.1 Å². The second kappa shape index (κ2) is 17.6. The summed E-state index contributed by atoms with van der Waals surface area (Å²) in [6, 6.07) is 5.26. The molecular weight excluding hydrogens is 868 g/mol. The number of allylic oxidation sites excluding steroid dienone is 1. The number of nitrogens with zero attached hydrogens (tertiary/aromatic N) is 5. The van der Waals surface area contributed by atoms with Crippen molar-refractivity contribution in [3.8, 4) is 5.75 Å². The molecule has 1 fully saturated rings. The number of ether oxygens (including phenoxy) is 2. The number of benzene rings is 2. The highest BCUT2D eigenvalue weighted by Crippen LogP contribution is 2.41. The molecule has 0 spiro atoms. The zero-order valence-electron chi connectivity index (χ0n) is 30.7. The highest BCUT2D eigenvalue weighted by molar-refractivity contribution is 14.1. The Morgan fingerprint density at radius 1 is 1.07 bits per heavy atom. The summed E-state index contributed by atoms with van der Waals surface area (Å²) in [5.41, 5.74) is -5.32. The van der Waals surface area contributed by atoms with Gasteiger partial charge in [-0.05, 0) is 43.5 Å². The van der Waals surface area contributed by atoms with Gasteiger partial charge in [0.2, 0.25) is 5.82 Å². The topological polar surface area (TPSA) is 119 Å². The molecule has 0 radical (unpaired) electrons. The van der Waals surface area contributed by atoms with Gasteiger partial charge in [-0.15, -0.1) is 0 Å². The van der Waals surface area contributed by atoms with E-state index in [1.807, 2.05) is 0 Å². The fraction of sp³-hybridized carbons (Fsp3) is 0.459. The Morgan fingerprint density at radius 3 is 2.41 bits per heavy atom. The third kappa shape index (κ3) is 9.21. The largest absolute Gasteiger partial charge is 0.509 e. The van der Waals surface area contributed by atoms with Crippen LogP contribution in [0.5, 0.6) is 5.75 Å². The van der Waals surface area contributed by atoms with Crippen molar-refractivity contribution in [1.29, 1.82) is 0 Å². The third-order valence-electron chi connectivity index (χ3n) is 10.1. The van der Waals surface area contributed by atoms with Crippen molar-refractivity contribution in [3.63, 3.8) is 0 Å². The first-order valence-electron chi connectivity index (χ1n) is 17.7. The van der Waals surface area contributed by atoms with Gasteiger partial charge < -0.3 is 19.9 Å².